The normalized spacial score (nSPS) is 13.8. The zero-order valence-corrected chi connectivity index (χ0v) is 8.66. The maximum absolute atomic E-state index is 5.33. The summed E-state index contributed by atoms with van der Waals surface area (Å²) < 4.78 is 5.33. The number of aromatic nitrogens is 2. The number of hydrogen-bond donors (Lipinski definition) is 1. The van der Waals surface area contributed by atoms with Crippen molar-refractivity contribution in [3.8, 4) is 11.5 Å². The van der Waals surface area contributed by atoms with Crippen LogP contribution in [-0.2, 0) is 12.8 Å². The molecule has 3 heteroatoms. The standard InChI is InChI=1S/C13H10N2O/c1-2-4-11-9(3-1)10-6-5-8-7-14-16-13(8)12(10)15-11/h1-4,7,15H,5-6H2. The summed E-state index contributed by atoms with van der Waals surface area (Å²) in [4.78, 5) is 3.42. The Labute approximate surface area is 92.1 Å². The number of H-pyrrole nitrogens is 1. The molecule has 0 bridgehead atoms. The monoisotopic (exact) mass is 210 g/mol. The predicted molar refractivity (Wildman–Crippen MR) is 61.2 cm³/mol. The topological polar surface area (TPSA) is 41.8 Å². The zero-order chi connectivity index (χ0) is 10.5. The Morgan fingerprint density at radius 2 is 2.12 bits per heavy atom. The van der Waals surface area contributed by atoms with E-state index in [0.29, 0.717) is 0 Å². The van der Waals surface area contributed by atoms with Crippen molar-refractivity contribution in [1.29, 1.82) is 0 Å². The average molecular weight is 210 g/mol. The van der Waals surface area contributed by atoms with Crippen molar-refractivity contribution in [3.63, 3.8) is 0 Å². The molecule has 1 aliphatic rings. The molecule has 78 valence electrons. The second-order valence-electron chi connectivity index (χ2n) is 4.20. The van der Waals surface area contributed by atoms with Crippen LogP contribution in [0.1, 0.15) is 11.1 Å². The summed E-state index contributed by atoms with van der Waals surface area (Å²) in [5.41, 5.74) is 4.86. The third kappa shape index (κ3) is 0.902. The molecule has 0 saturated heterocycles. The van der Waals surface area contributed by atoms with Crippen LogP contribution in [0.3, 0.4) is 0 Å². The molecule has 1 N–H and O–H groups in total. The lowest BCUT2D eigenvalue weighted by molar-refractivity contribution is 0.429. The molecule has 3 aromatic rings. The van der Waals surface area contributed by atoms with Gasteiger partial charge in [-0.25, -0.2) is 0 Å². The van der Waals surface area contributed by atoms with Crippen LogP contribution in [0.25, 0.3) is 22.4 Å². The Hall–Kier alpha value is -2.03. The molecule has 2 heterocycles. The average Bonchev–Trinajstić information content (AvgIpc) is 2.92. The summed E-state index contributed by atoms with van der Waals surface area (Å²) in [6.07, 6.45) is 3.91. The number of nitrogens with zero attached hydrogens (tertiary/aromatic N) is 1. The van der Waals surface area contributed by atoms with Gasteiger partial charge >= 0.3 is 0 Å². The molecule has 0 unspecified atom stereocenters. The molecule has 1 aromatic carbocycles. The van der Waals surface area contributed by atoms with Gasteiger partial charge in [0.25, 0.3) is 0 Å². The maximum atomic E-state index is 5.33. The molecule has 0 atom stereocenters. The van der Waals surface area contributed by atoms with Gasteiger partial charge in [-0.2, -0.15) is 0 Å². The highest BCUT2D eigenvalue weighted by Gasteiger charge is 2.23. The molecule has 1 aliphatic carbocycles. The van der Waals surface area contributed by atoms with Crippen LogP contribution in [0.15, 0.2) is 35.0 Å². The quantitative estimate of drug-likeness (QED) is 0.619. The molecule has 3 nitrogen and oxygen atoms in total. The highest BCUT2D eigenvalue weighted by Crippen LogP contribution is 2.36. The molecule has 0 radical (unpaired) electrons. The van der Waals surface area contributed by atoms with Gasteiger partial charge in [0.1, 0.15) is 0 Å². The van der Waals surface area contributed by atoms with Gasteiger partial charge in [-0.15, -0.1) is 0 Å². The maximum Gasteiger partial charge on any atom is 0.186 e. The number of aromatic amines is 1. The fourth-order valence-corrected chi connectivity index (χ4v) is 2.56. The molecule has 0 amide bonds. The molecular weight excluding hydrogens is 200 g/mol. The summed E-state index contributed by atoms with van der Waals surface area (Å²) in [6.45, 7) is 0. The zero-order valence-electron chi connectivity index (χ0n) is 8.66. The first-order valence-electron chi connectivity index (χ1n) is 5.47. The molecule has 4 rings (SSSR count). The number of aryl methyl sites for hydroxylation is 2. The number of benzene rings is 1. The second-order valence-corrected chi connectivity index (χ2v) is 4.20. The Bertz CT molecular complexity index is 678. The van der Waals surface area contributed by atoms with Gasteiger partial charge < -0.3 is 9.51 Å². The van der Waals surface area contributed by atoms with E-state index in [1.807, 2.05) is 12.3 Å². The summed E-state index contributed by atoms with van der Waals surface area (Å²) in [7, 11) is 0. The van der Waals surface area contributed by atoms with Crippen LogP contribution in [0, 0.1) is 0 Å². The van der Waals surface area contributed by atoms with Crippen molar-refractivity contribution >= 4 is 10.9 Å². The van der Waals surface area contributed by atoms with Gasteiger partial charge in [0.05, 0.1) is 11.9 Å². The van der Waals surface area contributed by atoms with Crippen LogP contribution in [0.4, 0.5) is 0 Å². The van der Waals surface area contributed by atoms with Crippen LogP contribution in [0.5, 0.6) is 0 Å². The van der Waals surface area contributed by atoms with Crippen molar-refractivity contribution < 1.29 is 4.52 Å². The van der Waals surface area contributed by atoms with E-state index in [0.717, 1.165) is 24.3 Å². The van der Waals surface area contributed by atoms with E-state index in [1.165, 1.54) is 22.0 Å². The molecule has 0 fully saturated rings. The number of fused-ring (bicyclic) bond motifs is 5. The van der Waals surface area contributed by atoms with Gasteiger partial charge in [-0.3, -0.25) is 0 Å². The summed E-state index contributed by atoms with van der Waals surface area (Å²) in [6, 6.07) is 8.38. The Balaban J connectivity index is 2.13. The Morgan fingerprint density at radius 1 is 1.19 bits per heavy atom. The molecule has 0 saturated carbocycles. The number of hydrogen-bond acceptors (Lipinski definition) is 2. The molecule has 2 aromatic heterocycles. The minimum Gasteiger partial charge on any atom is -0.354 e. The Morgan fingerprint density at radius 3 is 3.12 bits per heavy atom. The van der Waals surface area contributed by atoms with E-state index in [2.05, 4.69) is 28.3 Å². The SMILES string of the molecule is c1ccc2c3c([nH]c2c1)-c1oncc1CC3. The van der Waals surface area contributed by atoms with Gasteiger partial charge in [-0.05, 0) is 24.5 Å². The lowest BCUT2D eigenvalue weighted by Gasteiger charge is -2.09. The van der Waals surface area contributed by atoms with Crippen molar-refractivity contribution in [3.05, 3.63) is 41.6 Å². The van der Waals surface area contributed by atoms with Crippen LogP contribution < -0.4 is 0 Å². The fourth-order valence-electron chi connectivity index (χ4n) is 2.56. The minimum absolute atomic E-state index is 0.914. The Kier molecular flexibility index (Phi) is 1.41. The van der Waals surface area contributed by atoms with Crippen molar-refractivity contribution in [2.45, 2.75) is 12.8 Å². The summed E-state index contributed by atoms with van der Waals surface area (Å²) in [5, 5.41) is 5.18. The number of nitrogens with one attached hydrogen (secondary N) is 1. The van der Waals surface area contributed by atoms with E-state index < -0.39 is 0 Å². The lowest BCUT2D eigenvalue weighted by atomic mass is 9.95. The molecule has 0 aliphatic heterocycles. The van der Waals surface area contributed by atoms with Crippen LogP contribution in [-0.4, -0.2) is 10.1 Å². The van der Waals surface area contributed by atoms with E-state index in [-0.39, 0.29) is 0 Å². The summed E-state index contributed by atoms with van der Waals surface area (Å²) in [5.74, 6) is 0.914. The van der Waals surface area contributed by atoms with Gasteiger partial charge in [-0.1, -0.05) is 23.4 Å². The minimum atomic E-state index is 0.914. The van der Waals surface area contributed by atoms with E-state index >= 15 is 0 Å². The second kappa shape index (κ2) is 2.76. The van der Waals surface area contributed by atoms with Crippen LogP contribution in [0.2, 0.25) is 0 Å². The highest BCUT2D eigenvalue weighted by atomic mass is 16.5. The predicted octanol–water partition coefficient (Wildman–Crippen LogP) is 2.92. The van der Waals surface area contributed by atoms with Crippen LogP contribution >= 0.6 is 0 Å². The van der Waals surface area contributed by atoms with E-state index in [4.69, 9.17) is 4.52 Å². The third-order valence-electron chi connectivity index (χ3n) is 3.33. The van der Waals surface area contributed by atoms with E-state index in [9.17, 15) is 0 Å². The molecule has 0 spiro atoms. The van der Waals surface area contributed by atoms with E-state index in [1.54, 1.807) is 0 Å². The highest BCUT2D eigenvalue weighted by molar-refractivity contribution is 5.91. The lowest BCUT2D eigenvalue weighted by Crippen LogP contribution is -1.99. The number of rotatable bonds is 0. The largest absolute Gasteiger partial charge is 0.354 e. The van der Waals surface area contributed by atoms with Crippen molar-refractivity contribution in [2.75, 3.05) is 0 Å². The van der Waals surface area contributed by atoms with Gasteiger partial charge in [0, 0.05) is 16.5 Å². The molecule has 16 heavy (non-hydrogen) atoms. The van der Waals surface area contributed by atoms with Gasteiger partial charge in [0.15, 0.2) is 5.76 Å². The van der Waals surface area contributed by atoms with Gasteiger partial charge in [0.2, 0.25) is 0 Å². The summed E-state index contributed by atoms with van der Waals surface area (Å²) >= 11 is 0. The fraction of sp³-hybridized carbons (Fsp3) is 0.154. The molecular formula is C13H10N2O. The smallest absolute Gasteiger partial charge is 0.186 e. The van der Waals surface area contributed by atoms with Crippen molar-refractivity contribution in [1.82, 2.24) is 10.1 Å². The first-order valence-corrected chi connectivity index (χ1v) is 5.47. The van der Waals surface area contributed by atoms with Crippen molar-refractivity contribution in [2.24, 2.45) is 0 Å². The number of para-hydroxylation sites is 1. The third-order valence-corrected chi connectivity index (χ3v) is 3.33. The first-order chi connectivity index (χ1) is 7.93. The first kappa shape index (κ1) is 8.16.